The van der Waals surface area contributed by atoms with Gasteiger partial charge in [0.2, 0.25) is 0 Å². The first-order valence-corrected chi connectivity index (χ1v) is 9.89. The summed E-state index contributed by atoms with van der Waals surface area (Å²) in [5, 5.41) is 2.87. The Bertz CT molecular complexity index is 735. The normalized spacial score (nSPS) is 16.6. The molecule has 1 aromatic rings. The fourth-order valence-electron chi connectivity index (χ4n) is 2.72. The third-order valence-electron chi connectivity index (χ3n) is 4.21. The molecule has 1 atom stereocenters. The predicted molar refractivity (Wildman–Crippen MR) is 89.6 cm³/mol. The van der Waals surface area contributed by atoms with Crippen LogP contribution in [0.25, 0.3) is 0 Å². The molecule has 1 fully saturated rings. The van der Waals surface area contributed by atoms with E-state index in [9.17, 15) is 18.0 Å². The summed E-state index contributed by atoms with van der Waals surface area (Å²) in [6.07, 6.45) is 4.22. The molecule has 1 saturated carbocycles. The highest BCUT2D eigenvalue weighted by Crippen LogP contribution is 2.19. The number of carbonyl (C=O) groups excluding carboxylic acids is 2. The first-order chi connectivity index (χ1) is 11.2. The smallest absolute Gasteiger partial charge is 0.339 e. The van der Waals surface area contributed by atoms with Gasteiger partial charge in [0.25, 0.3) is 5.91 Å². The second-order valence-corrected chi connectivity index (χ2v) is 8.30. The molecule has 132 valence electrons. The summed E-state index contributed by atoms with van der Waals surface area (Å²) in [6, 6.07) is 4.43. The van der Waals surface area contributed by atoms with E-state index in [1.165, 1.54) is 19.1 Å². The summed E-state index contributed by atoms with van der Waals surface area (Å²) in [6.45, 7) is 3.20. The summed E-state index contributed by atoms with van der Waals surface area (Å²) in [5.41, 5.74) is 0.745. The Kier molecular flexibility index (Phi) is 5.64. The van der Waals surface area contributed by atoms with Crippen LogP contribution in [0.15, 0.2) is 23.1 Å². The molecule has 6 nitrogen and oxygen atoms in total. The fraction of sp³-hybridized carbons (Fsp3) is 0.529. The molecule has 0 aliphatic heterocycles. The van der Waals surface area contributed by atoms with E-state index < -0.39 is 21.9 Å². The molecule has 24 heavy (non-hydrogen) atoms. The number of ether oxygens (including phenoxy) is 1. The van der Waals surface area contributed by atoms with Crippen molar-refractivity contribution in [2.45, 2.75) is 56.6 Å². The molecule has 1 aromatic carbocycles. The van der Waals surface area contributed by atoms with Crippen LogP contribution in [0, 0.1) is 6.92 Å². The van der Waals surface area contributed by atoms with Gasteiger partial charge in [0.15, 0.2) is 15.9 Å². The van der Waals surface area contributed by atoms with Crippen LogP contribution >= 0.6 is 0 Å². The lowest BCUT2D eigenvalue weighted by Gasteiger charge is -2.17. The topological polar surface area (TPSA) is 89.5 Å². The molecule has 0 unspecified atom stereocenters. The molecule has 0 spiro atoms. The number of esters is 1. The Labute approximate surface area is 142 Å². The highest BCUT2D eigenvalue weighted by Gasteiger charge is 2.24. The Morgan fingerprint density at radius 3 is 2.46 bits per heavy atom. The van der Waals surface area contributed by atoms with Crippen LogP contribution in [0.2, 0.25) is 0 Å². The maximum atomic E-state index is 12.3. The summed E-state index contributed by atoms with van der Waals surface area (Å²) in [4.78, 5) is 24.4. The van der Waals surface area contributed by atoms with Crippen molar-refractivity contribution in [3.05, 3.63) is 29.3 Å². The van der Waals surface area contributed by atoms with E-state index in [2.05, 4.69) is 5.32 Å². The van der Waals surface area contributed by atoms with Gasteiger partial charge in [-0.3, -0.25) is 4.79 Å². The van der Waals surface area contributed by atoms with Crippen LogP contribution in [0.3, 0.4) is 0 Å². The van der Waals surface area contributed by atoms with Gasteiger partial charge in [-0.05, 0) is 44.4 Å². The van der Waals surface area contributed by atoms with Gasteiger partial charge in [-0.15, -0.1) is 0 Å². The number of sulfone groups is 1. The maximum Gasteiger partial charge on any atom is 0.339 e. The van der Waals surface area contributed by atoms with Crippen molar-refractivity contribution in [3.63, 3.8) is 0 Å². The lowest BCUT2D eigenvalue weighted by Crippen LogP contribution is -2.40. The average molecular weight is 353 g/mol. The molecule has 0 radical (unpaired) electrons. The molecule has 0 aromatic heterocycles. The van der Waals surface area contributed by atoms with Crippen molar-refractivity contribution in [2.24, 2.45) is 0 Å². The van der Waals surface area contributed by atoms with E-state index in [0.29, 0.717) is 5.56 Å². The number of hydrogen-bond acceptors (Lipinski definition) is 5. The van der Waals surface area contributed by atoms with Crippen LogP contribution < -0.4 is 5.32 Å². The second-order valence-electron chi connectivity index (χ2n) is 6.29. The van der Waals surface area contributed by atoms with Crippen molar-refractivity contribution in [1.82, 2.24) is 5.32 Å². The first-order valence-electron chi connectivity index (χ1n) is 8.00. The maximum absolute atomic E-state index is 12.3. The Hall–Kier alpha value is -1.89. The van der Waals surface area contributed by atoms with E-state index >= 15 is 0 Å². The van der Waals surface area contributed by atoms with Crippen molar-refractivity contribution in [2.75, 3.05) is 6.26 Å². The zero-order valence-corrected chi connectivity index (χ0v) is 15.0. The molecule has 2 rings (SSSR count). The van der Waals surface area contributed by atoms with Gasteiger partial charge < -0.3 is 10.1 Å². The minimum Gasteiger partial charge on any atom is -0.449 e. The highest BCUT2D eigenvalue weighted by molar-refractivity contribution is 7.90. The third-order valence-corrected chi connectivity index (χ3v) is 5.32. The van der Waals surface area contributed by atoms with E-state index in [4.69, 9.17) is 4.74 Å². The van der Waals surface area contributed by atoms with Gasteiger partial charge in [0.1, 0.15) is 0 Å². The van der Waals surface area contributed by atoms with E-state index in [-0.39, 0.29) is 22.4 Å². The third kappa shape index (κ3) is 4.56. The number of aryl methyl sites for hydroxylation is 1. The van der Waals surface area contributed by atoms with Crippen LogP contribution in [0.1, 0.15) is 48.5 Å². The van der Waals surface area contributed by atoms with E-state index in [1.54, 1.807) is 13.0 Å². The number of benzene rings is 1. The van der Waals surface area contributed by atoms with Gasteiger partial charge >= 0.3 is 5.97 Å². The molecular weight excluding hydrogens is 330 g/mol. The second kappa shape index (κ2) is 7.34. The van der Waals surface area contributed by atoms with Gasteiger partial charge in [-0.1, -0.05) is 18.9 Å². The number of carbonyl (C=O) groups is 2. The summed E-state index contributed by atoms with van der Waals surface area (Å²) in [5.74, 6) is -1.03. The van der Waals surface area contributed by atoms with Gasteiger partial charge in [-0.25, -0.2) is 13.2 Å². The SMILES string of the molecule is Cc1ccc(S(C)(=O)=O)cc1C(=O)O[C@H](C)C(=O)NC1CCCC1. The molecule has 0 saturated heterocycles. The monoisotopic (exact) mass is 353 g/mol. The molecule has 0 heterocycles. The standard InChI is InChI=1S/C17H23NO5S/c1-11-8-9-14(24(3,21)22)10-15(11)17(20)23-12(2)16(19)18-13-6-4-5-7-13/h8-10,12-13H,4-7H2,1-3H3,(H,18,19)/t12-/m1/s1. The quantitative estimate of drug-likeness (QED) is 0.818. The summed E-state index contributed by atoms with van der Waals surface area (Å²) < 4.78 is 28.5. The Balaban J connectivity index is 2.07. The van der Waals surface area contributed by atoms with Gasteiger partial charge in [0.05, 0.1) is 10.5 Å². The number of nitrogens with one attached hydrogen (secondary N) is 1. The minimum absolute atomic E-state index is 0.0445. The zero-order chi connectivity index (χ0) is 17.9. The summed E-state index contributed by atoms with van der Waals surface area (Å²) >= 11 is 0. The zero-order valence-electron chi connectivity index (χ0n) is 14.2. The largest absolute Gasteiger partial charge is 0.449 e. The van der Waals surface area contributed by atoms with Crippen LogP contribution in [-0.2, 0) is 19.4 Å². The molecule has 1 N–H and O–H groups in total. The van der Waals surface area contributed by atoms with Crippen molar-refractivity contribution >= 4 is 21.7 Å². The number of hydrogen-bond donors (Lipinski definition) is 1. The fourth-order valence-corrected chi connectivity index (χ4v) is 3.37. The summed E-state index contributed by atoms with van der Waals surface area (Å²) in [7, 11) is -3.42. The first kappa shape index (κ1) is 18.4. The minimum atomic E-state index is -3.42. The molecule has 1 aliphatic rings. The lowest BCUT2D eigenvalue weighted by atomic mass is 10.1. The highest BCUT2D eigenvalue weighted by atomic mass is 32.2. The predicted octanol–water partition coefficient (Wildman–Crippen LogP) is 2.00. The molecule has 7 heteroatoms. The Morgan fingerprint density at radius 2 is 1.88 bits per heavy atom. The van der Waals surface area contributed by atoms with Crippen molar-refractivity contribution < 1.29 is 22.7 Å². The molecule has 0 bridgehead atoms. The molecular formula is C17H23NO5S. The van der Waals surface area contributed by atoms with E-state index in [0.717, 1.165) is 31.9 Å². The van der Waals surface area contributed by atoms with Gasteiger partial charge in [-0.2, -0.15) is 0 Å². The lowest BCUT2D eigenvalue weighted by molar-refractivity contribution is -0.129. The van der Waals surface area contributed by atoms with Crippen molar-refractivity contribution in [3.8, 4) is 0 Å². The van der Waals surface area contributed by atoms with E-state index in [1.807, 2.05) is 0 Å². The molecule has 1 amide bonds. The van der Waals surface area contributed by atoms with Crippen LogP contribution in [0.4, 0.5) is 0 Å². The van der Waals surface area contributed by atoms with Crippen molar-refractivity contribution in [1.29, 1.82) is 0 Å². The van der Waals surface area contributed by atoms with Crippen LogP contribution in [0.5, 0.6) is 0 Å². The molecule has 1 aliphatic carbocycles. The average Bonchev–Trinajstić information content (AvgIpc) is 2.99. The number of rotatable bonds is 5. The van der Waals surface area contributed by atoms with Crippen LogP contribution in [-0.4, -0.2) is 38.7 Å². The van der Waals surface area contributed by atoms with Gasteiger partial charge in [0, 0.05) is 12.3 Å². The Morgan fingerprint density at radius 1 is 1.25 bits per heavy atom. The number of amides is 1.